The van der Waals surface area contributed by atoms with Crippen molar-refractivity contribution in [2.24, 2.45) is 5.92 Å². The smallest absolute Gasteiger partial charge is 0.0212 e. The summed E-state index contributed by atoms with van der Waals surface area (Å²) in [6.07, 6.45) is 3.97. The Morgan fingerprint density at radius 2 is 2.14 bits per heavy atom. The van der Waals surface area contributed by atoms with Gasteiger partial charge in [0.2, 0.25) is 0 Å². The van der Waals surface area contributed by atoms with Gasteiger partial charge in [-0.1, -0.05) is 41.9 Å². The third-order valence-electron chi connectivity index (χ3n) is 3.28. The Balaban J connectivity index is 2.47. The molecule has 1 unspecified atom stereocenters. The average molecular weight is 253 g/mol. The van der Waals surface area contributed by atoms with Crippen molar-refractivity contribution in [1.82, 2.24) is 0 Å². The first-order valence-corrected chi connectivity index (χ1v) is 6.26. The molecule has 14 heavy (non-hydrogen) atoms. The summed E-state index contributed by atoms with van der Waals surface area (Å²) in [7, 11) is 0. The molecule has 76 valence electrons. The minimum Gasteiger partial charge on any atom is -0.0622 e. The molecule has 2 rings (SSSR count). The first-order chi connectivity index (χ1) is 6.70. The predicted octanol–water partition coefficient (Wildman–Crippen LogP) is 4.53. The maximum atomic E-state index is 3.69. The number of hydrogen-bond acceptors (Lipinski definition) is 0. The van der Waals surface area contributed by atoms with E-state index < -0.39 is 0 Å². The highest BCUT2D eigenvalue weighted by molar-refractivity contribution is 9.10. The van der Waals surface area contributed by atoms with E-state index in [-0.39, 0.29) is 0 Å². The van der Waals surface area contributed by atoms with Crippen molar-refractivity contribution in [3.8, 4) is 0 Å². The van der Waals surface area contributed by atoms with Gasteiger partial charge in [0.25, 0.3) is 0 Å². The molecule has 0 nitrogen and oxygen atoms in total. The molecule has 0 radical (unpaired) electrons. The number of halogens is 1. The molecule has 1 heteroatoms. The second-order valence-electron chi connectivity index (χ2n) is 4.56. The van der Waals surface area contributed by atoms with Crippen LogP contribution >= 0.6 is 15.9 Å². The van der Waals surface area contributed by atoms with Crippen molar-refractivity contribution in [2.45, 2.75) is 39.0 Å². The van der Waals surface area contributed by atoms with Gasteiger partial charge in [0.05, 0.1) is 0 Å². The molecular formula is C13H17Br. The molecule has 0 saturated carbocycles. The molecule has 1 aromatic carbocycles. The summed E-state index contributed by atoms with van der Waals surface area (Å²) in [6.45, 7) is 4.67. The Bertz CT molecular complexity index is 328. The number of hydrogen-bond donors (Lipinski definition) is 0. The first-order valence-electron chi connectivity index (χ1n) is 5.47. The van der Waals surface area contributed by atoms with Gasteiger partial charge >= 0.3 is 0 Å². The highest BCUT2D eigenvalue weighted by Gasteiger charge is 2.24. The Labute approximate surface area is 94.8 Å². The molecule has 0 fully saturated rings. The summed E-state index contributed by atoms with van der Waals surface area (Å²) < 4.78 is 1.31. The first kappa shape index (κ1) is 10.2. The van der Waals surface area contributed by atoms with E-state index in [2.05, 4.69) is 48.0 Å². The molecular weight excluding hydrogens is 236 g/mol. The second-order valence-corrected chi connectivity index (χ2v) is 5.41. The molecule has 1 aliphatic rings. The van der Waals surface area contributed by atoms with Gasteiger partial charge in [0, 0.05) is 4.47 Å². The van der Waals surface area contributed by atoms with Gasteiger partial charge in [-0.3, -0.25) is 0 Å². The quantitative estimate of drug-likeness (QED) is 0.690. The molecule has 0 spiro atoms. The summed E-state index contributed by atoms with van der Waals surface area (Å²) >= 11 is 3.69. The van der Waals surface area contributed by atoms with Gasteiger partial charge in [-0.15, -0.1) is 0 Å². The van der Waals surface area contributed by atoms with E-state index in [0.29, 0.717) is 0 Å². The van der Waals surface area contributed by atoms with E-state index in [4.69, 9.17) is 0 Å². The zero-order chi connectivity index (χ0) is 10.1. The fraction of sp³-hybridized carbons (Fsp3) is 0.538. The summed E-state index contributed by atoms with van der Waals surface area (Å²) in [5.74, 6) is 1.52. The molecule has 0 N–H and O–H groups in total. The van der Waals surface area contributed by atoms with Gasteiger partial charge in [-0.25, -0.2) is 0 Å². The van der Waals surface area contributed by atoms with Crippen molar-refractivity contribution in [2.75, 3.05) is 0 Å². The third kappa shape index (κ3) is 1.75. The lowest BCUT2D eigenvalue weighted by Crippen LogP contribution is -2.15. The molecule has 0 saturated heterocycles. The van der Waals surface area contributed by atoms with Crippen molar-refractivity contribution in [3.63, 3.8) is 0 Å². The molecule has 0 bridgehead atoms. The normalized spacial score (nSPS) is 21.0. The van der Waals surface area contributed by atoms with E-state index in [0.717, 1.165) is 11.8 Å². The number of benzene rings is 1. The monoisotopic (exact) mass is 252 g/mol. The highest BCUT2D eigenvalue weighted by atomic mass is 79.9. The summed E-state index contributed by atoms with van der Waals surface area (Å²) in [5.41, 5.74) is 3.14. The van der Waals surface area contributed by atoms with Gasteiger partial charge in [-0.2, -0.15) is 0 Å². The molecule has 0 aliphatic heterocycles. The van der Waals surface area contributed by atoms with Crippen LogP contribution < -0.4 is 0 Å². The second kappa shape index (κ2) is 4.06. The molecule has 1 aromatic rings. The van der Waals surface area contributed by atoms with Crippen molar-refractivity contribution < 1.29 is 0 Å². The largest absolute Gasteiger partial charge is 0.0622 e. The van der Waals surface area contributed by atoms with Crippen LogP contribution in [-0.2, 0) is 6.42 Å². The zero-order valence-corrected chi connectivity index (χ0v) is 10.5. The maximum Gasteiger partial charge on any atom is 0.0212 e. The van der Waals surface area contributed by atoms with Crippen LogP contribution in [0.4, 0.5) is 0 Å². The van der Waals surface area contributed by atoms with E-state index in [9.17, 15) is 0 Å². The number of aryl methyl sites for hydroxylation is 1. The molecule has 0 amide bonds. The van der Waals surface area contributed by atoms with Crippen LogP contribution in [0.3, 0.4) is 0 Å². The third-order valence-corrected chi connectivity index (χ3v) is 3.97. The van der Waals surface area contributed by atoms with E-state index >= 15 is 0 Å². The fourth-order valence-electron chi connectivity index (χ4n) is 2.54. The van der Waals surface area contributed by atoms with Crippen LogP contribution in [0.5, 0.6) is 0 Å². The van der Waals surface area contributed by atoms with Gasteiger partial charge in [0.15, 0.2) is 0 Å². The Morgan fingerprint density at radius 1 is 1.36 bits per heavy atom. The average Bonchev–Trinajstić information content (AvgIpc) is 2.17. The zero-order valence-electron chi connectivity index (χ0n) is 8.89. The predicted molar refractivity (Wildman–Crippen MR) is 64.7 cm³/mol. The highest BCUT2D eigenvalue weighted by Crippen LogP contribution is 2.40. The number of rotatable bonds is 1. The minimum atomic E-state index is 0.757. The Hall–Kier alpha value is -0.300. The summed E-state index contributed by atoms with van der Waals surface area (Å²) in [5, 5.41) is 0. The van der Waals surface area contributed by atoms with E-state index in [1.165, 1.54) is 23.7 Å². The van der Waals surface area contributed by atoms with E-state index in [1.54, 1.807) is 11.1 Å². The minimum absolute atomic E-state index is 0.757. The van der Waals surface area contributed by atoms with E-state index in [1.807, 2.05) is 0 Å². The fourth-order valence-corrected chi connectivity index (χ4v) is 3.24. The number of fused-ring (bicyclic) bond motifs is 1. The Morgan fingerprint density at radius 3 is 2.86 bits per heavy atom. The summed E-state index contributed by atoms with van der Waals surface area (Å²) in [4.78, 5) is 0. The lowest BCUT2D eigenvalue weighted by Gasteiger charge is -2.29. The molecule has 1 aliphatic carbocycles. The Kier molecular flexibility index (Phi) is 2.96. The van der Waals surface area contributed by atoms with Crippen LogP contribution in [-0.4, -0.2) is 0 Å². The van der Waals surface area contributed by atoms with Gasteiger partial charge in [-0.05, 0) is 48.3 Å². The van der Waals surface area contributed by atoms with Crippen molar-refractivity contribution >= 4 is 15.9 Å². The van der Waals surface area contributed by atoms with Crippen LogP contribution in [0.15, 0.2) is 22.7 Å². The van der Waals surface area contributed by atoms with Crippen LogP contribution in [0, 0.1) is 5.92 Å². The molecule has 1 atom stereocenters. The summed E-state index contributed by atoms with van der Waals surface area (Å²) in [6, 6.07) is 6.62. The van der Waals surface area contributed by atoms with Crippen molar-refractivity contribution in [3.05, 3.63) is 33.8 Å². The lowest BCUT2D eigenvalue weighted by molar-refractivity contribution is 0.432. The molecule has 0 aromatic heterocycles. The van der Waals surface area contributed by atoms with Gasteiger partial charge < -0.3 is 0 Å². The van der Waals surface area contributed by atoms with Crippen molar-refractivity contribution in [1.29, 1.82) is 0 Å². The topological polar surface area (TPSA) is 0 Å². The van der Waals surface area contributed by atoms with Crippen LogP contribution in [0.2, 0.25) is 0 Å². The lowest BCUT2D eigenvalue weighted by atomic mass is 9.77. The van der Waals surface area contributed by atoms with Crippen LogP contribution in [0.25, 0.3) is 0 Å². The standard InChI is InChI=1S/C13H17Br/c1-9(2)11-7-3-5-10-6-4-8-12(14)13(10)11/h4,6,8-9,11H,3,5,7H2,1-2H3. The van der Waals surface area contributed by atoms with Crippen LogP contribution in [0.1, 0.15) is 43.7 Å². The van der Waals surface area contributed by atoms with Gasteiger partial charge in [0.1, 0.15) is 0 Å². The molecule has 0 heterocycles. The SMILES string of the molecule is CC(C)C1CCCc2cccc(Br)c21. The maximum absolute atomic E-state index is 3.69.